The summed E-state index contributed by atoms with van der Waals surface area (Å²) in [4.78, 5) is 0. The zero-order valence-corrected chi connectivity index (χ0v) is 8.28. The summed E-state index contributed by atoms with van der Waals surface area (Å²) in [5, 5.41) is 6.82. The van der Waals surface area contributed by atoms with Gasteiger partial charge in [-0.25, -0.2) is 0 Å². The highest BCUT2D eigenvalue weighted by molar-refractivity contribution is 4.65. The molecule has 2 unspecified atom stereocenters. The van der Waals surface area contributed by atoms with Crippen molar-refractivity contribution in [2.24, 2.45) is 0 Å². The third-order valence-electron chi connectivity index (χ3n) is 1.94. The van der Waals surface area contributed by atoms with Gasteiger partial charge in [0.15, 0.2) is 0 Å². The first kappa shape index (κ1) is 10.9. The molecule has 2 nitrogen and oxygen atoms in total. The molecule has 11 heavy (non-hydrogen) atoms. The minimum Gasteiger partial charge on any atom is -0.313 e. The fourth-order valence-corrected chi connectivity index (χ4v) is 0.943. The Bertz CT molecular complexity index is 83.6. The van der Waals surface area contributed by atoms with E-state index in [0.717, 1.165) is 13.1 Å². The minimum absolute atomic E-state index is 0.592. The first-order valence-electron chi connectivity index (χ1n) is 4.67. The van der Waals surface area contributed by atoms with Crippen molar-refractivity contribution in [1.82, 2.24) is 10.6 Å². The van der Waals surface area contributed by atoms with Crippen LogP contribution < -0.4 is 10.6 Å². The molecule has 0 aliphatic carbocycles. The summed E-state index contributed by atoms with van der Waals surface area (Å²) in [5.41, 5.74) is 0. The van der Waals surface area contributed by atoms with Crippen molar-refractivity contribution < 1.29 is 0 Å². The molecule has 0 radical (unpaired) electrons. The maximum Gasteiger partial charge on any atom is 0.0164 e. The lowest BCUT2D eigenvalue weighted by Crippen LogP contribution is -2.39. The maximum absolute atomic E-state index is 3.45. The quantitative estimate of drug-likeness (QED) is 0.610. The van der Waals surface area contributed by atoms with E-state index < -0.39 is 0 Å². The van der Waals surface area contributed by atoms with Crippen LogP contribution in [-0.4, -0.2) is 25.2 Å². The second kappa shape index (κ2) is 6.62. The molecule has 2 atom stereocenters. The van der Waals surface area contributed by atoms with Crippen molar-refractivity contribution in [3.05, 3.63) is 0 Å². The number of hydrogen-bond donors (Lipinski definition) is 2. The molecule has 2 heteroatoms. The van der Waals surface area contributed by atoms with Crippen LogP contribution in [0.5, 0.6) is 0 Å². The van der Waals surface area contributed by atoms with Crippen LogP contribution in [0.25, 0.3) is 0 Å². The minimum atomic E-state index is 0.592. The summed E-state index contributed by atoms with van der Waals surface area (Å²) in [6.07, 6.45) is 1.21. The Labute approximate surface area is 70.8 Å². The standard InChI is InChI=1S/C9H22N2/c1-5-8(3)11-7-9(4)10-6-2/h8-11H,5-7H2,1-4H3. The Morgan fingerprint density at radius 2 is 1.64 bits per heavy atom. The summed E-state index contributed by atoms with van der Waals surface area (Å²) in [6, 6.07) is 1.24. The average Bonchev–Trinajstić information content (AvgIpc) is 2.01. The van der Waals surface area contributed by atoms with Gasteiger partial charge in [0.25, 0.3) is 0 Å². The van der Waals surface area contributed by atoms with Crippen LogP contribution in [-0.2, 0) is 0 Å². The lowest BCUT2D eigenvalue weighted by Gasteiger charge is -2.16. The van der Waals surface area contributed by atoms with Crippen molar-refractivity contribution in [3.63, 3.8) is 0 Å². The summed E-state index contributed by atoms with van der Waals surface area (Å²) in [7, 11) is 0. The molecule has 0 fully saturated rings. The molecule has 0 aliphatic heterocycles. The van der Waals surface area contributed by atoms with E-state index in [-0.39, 0.29) is 0 Å². The second-order valence-electron chi connectivity index (χ2n) is 3.18. The van der Waals surface area contributed by atoms with E-state index in [9.17, 15) is 0 Å². The van der Waals surface area contributed by atoms with Gasteiger partial charge in [-0.3, -0.25) is 0 Å². The first-order valence-corrected chi connectivity index (χ1v) is 4.67. The lowest BCUT2D eigenvalue weighted by atomic mass is 10.2. The Morgan fingerprint density at radius 1 is 1.00 bits per heavy atom. The number of rotatable bonds is 6. The van der Waals surface area contributed by atoms with Crippen LogP contribution in [0.15, 0.2) is 0 Å². The largest absolute Gasteiger partial charge is 0.313 e. The van der Waals surface area contributed by atoms with E-state index in [1.54, 1.807) is 0 Å². The third kappa shape index (κ3) is 6.32. The van der Waals surface area contributed by atoms with E-state index in [2.05, 4.69) is 38.3 Å². The van der Waals surface area contributed by atoms with Crippen LogP contribution in [0.3, 0.4) is 0 Å². The van der Waals surface area contributed by atoms with Gasteiger partial charge in [0.2, 0.25) is 0 Å². The van der Waals surface area contributed by atoms with E-state index in [4.69, 9.17) is 0 Å². The topological polar surface area (TPSA) is 24.1 Å². The van der Waals surface area contributed by atoms with Gasteiger partial charge in [-0.05, 0) is 26.8 Å². The van der Waals surface area contributed by atoms with Crippen molar-refractivity contribution in [2.75, 3.05) is 13.1 Å². The molecule has 0 aliphatic rings. The van der Waals surface area contributed by atoms with Gasteiger partial charge in [0.1, 0.15) is 0 Å². The zero-order chi connectivity index (χ0) is 8.69. The van der Waals surface area contributed by atoms with Gasteiger partial charge >= 0.3 is 0 Å². The monoisotopic (exact) mass is 158 g/mol. The predicted octanol–water partition coefficient (Wildman–Crippen LogP) is 1.37. The SMILES string of the molecule is CCNC(C)CNC(C)CC. The highest BCUT2D eigenvalue weighted by Crippen LogP contribution is 1.87. The fourth-order valence-electron chi connectivity index (χ4n) is 0.943. The summed E-state index contributed by atoms with van der Waals surface area (Å²) in [5.74, 6) is 0. The number of likely N-dealkylation sites (N-methyl/N-ethyl adjacent to an activating group) is 1. The van der Waals surface area contributed by atoms with Crippen molar-refractivity contribution in [1.29, 1.82) is 0 Å². The van der Waals surface area contributed by atoms with Crippen molar-refractivity contribution in [2.45, 2.75) is 46.2 Å². The maximum atomic E-state index is 3.45. The molecule has 0 spiro atoms. The van der Waals surface area contributed by atoms with Crippen molar-refractivity contribution in [3.8, 4) is 0 Å². The fraction of sp³-hybridized carbons (Fsp3) is 1.00. The van der Waals surface area contributed by atoms with Gasteiger partial charge in [-0.1, -0.05) is 13.8 Å². The van der Waals surface area contributed by atoms with Crippen LogP contribution in [0.4, 0.5) is 0 Å². The number of hydrogen-bond acceptors (Lipinski definition) is 2. The molecule has 0 aromatic heterocycles. The van der Waals surface area contributed by atoms with Crippen LogP contribution in [0.2, 0.25) is 0 Å². The van der Waals surface area contributed by atoms with Crippen LogP contribution in [0.1, 0.15) is 34.1 Å². The van der Waals surface area contributed by atoms with Gasteiger partial charge in [0.05, 0.1) is 0 Å². The number of nitrogens with one attached hydrogen (secondary N) is 2. The smallest absolute Gasteiger partial charge is 0.0164 e. The molecule has 0 aromatic carbocycles. The normalized spacial score (nSPS) is 16.4. The second-order valence-corrected chi connectivity index (χ2v) is 3.18. The molecule has 68 valence electrons. The van der Waals surface area contributed by atoms with E-state index in [0.29, 0.717) is 12.1 Å². The average molecular weight is 158 g/mol. The lowest BCUT2D eigenvalue weighted by molar-refractivity contribution is 0.462. The van der Waals surface area contributed by atoms with Crippen LogP contribution >= 0.6 is 0 Å². The Morgan fingerprint density at radius 3 is 2.09 bits per heavy atom. The molecule has 0 saturated carbocycles. The molecule has 0 rings (SSSR count). The highest BCUT2D eigenvalue weighted by atomic mass is 15.0. The van der Waals surface area contributed by atoms with E-state index in [1.165, 1.54) is 6.42 Å². The van der Waals surface area contributed by atoms with Gasteiger partial charge in [0, 0.05) is 18.6 Å². The first-order chi connectivity index (χ1) is 5.20. The van der Waals surface area contributed by atoms with Gasteiger partial charge in [-0.15, -0.1) is 0 Å². The third-order valence-corrected chi connectivity index (χ3v) is 1.94. The summed E-state index contributed by atoms with van der Waals surface area (Å²) < 4.78 is 0. The molecular formula is C9H22N2. The van der Waals surface area contributed by atoms with E-state index in [1.807, 2.05) is 0 Å². The van der Waals surface area contributed by atoms with Crippen LogP contribution in [0, 0.1) is 0 Å². The van der Waals surface area contributed by atoms with Crippen molar-refractivity contribution >= 4 is 0 Å². The van der Waals surface area contributed by atoms with E-state index >= 15 is 0 Å². The molecular weight excluding hydrogens is 136 g/mol. The molecule has 0 heterocycles. The Kier molecular flexibility index (Phi) is 6.57. The molecule has 0 bridgehead atoms. The zero-order valence-electron chi connectivity index (χ0n) is 8.28. The molecule has 0 saturated heterocycles. The summed E-state index contributed by atoms with van der Waals surface area (Å²) in [6.45, 7) is 10.9. The Hall–Kier alpha value is -0.0800. The molecule has 0 aromatic rings. The molecule has 2 N–H and O–H groups in total. The predicted molar refractivity (Wildman–Crippen MR) is 50.9 cm³/mol. The highest BCUT2D eigenvalue weighted by Gasteiger charge is 2.01. The summed E-state index contributed by atoms with van der Waals surface area (Å²) >= 11 is 0. The molecule has 0 amide bonds. The van der Waals surface area contributed by atoms with Gasteiger partial charge < -0.3 is 10.6 Å². The van der Waals surface area contributed by atoms with Gasteiger partial charge in [-0.2, -0.15) is 0 Å². The Balaban J connectivity index is 3.22.